The van der Waals surface area contributed by atoms with Crippen molar-refractivity contribution in [3.05, 3.63) is 49.9 Å². The van der Waals surface area contributed by atoms with Crippen LogP contribution in [0.5, 0.6) is 0 Å². The number of carbonyl (C=O) groups excluding carboxylic acids is 1. The van der Waals surface area contributed by atoms with Crippen LogP contribution in [0.3, 0.4) is 0 Å². The summed E-state index contributed by atoms with van der Waals surface area (Å²) in [6, 6.07) is 4.75. The van der Waals surface area contributed by atoms with Gasteiger partial charge in [-0.05, 0) is 52.0 Å². The van der Waals surface area contributed by atoms with Crippen molar-refractivity contribution in [2.75, 3.05) is 5.73 Å². The van der Waals surface area contributed by atoms with Crippen molar-refractivity contribution in [3.8, 4) is 0 Å². The van der Waals surface area contributed by atoms with Crippen molar-refractivity contribution in [1.29, 1.82) is 0 Å². The molecule has 6 heteroatoms. The number of hydrogen-bond acceptors (Lipinski definition) is 3. The van der Waals surface area contributed by atoms with E-state index < -0.39 is 11.7 Å². The topological polar surface area (TPSA) is 55.1 Å². The number of anilines is 1. The van der Waals surface area contributed by atoms with Crippen LogP contribution in [-0.2, 0) is 6.54 Å². The first kappa shape index (κ1) is 14.0. The van der Waals surface area contributed by atoms with Crippen LogP contribution in [0.15, 0.2) is 28.1 Å². The Morgan fingerprint density at radius 1 is 1.53 bits per heavy atom. The van der Waals surface area contributed by atoms with E-state index in [0.29, 0.717) is 17.8 Å². The van der Waals surface area contributed by atoms with Crippen molar-refractivity contribution in [1.82, 2.24) is 5.32 Å². The molecule has 1 aromatic carbocycles. The number of benzene rings is 1. The van der Waals surface area contributed by atoms with Gasteiger partial charge in [0.25, 0.3) is 5.91 Å². The third-order valence-electron chi connectivity index (χ3n) is 2.62. The summed E-state index contributed by atoms with van der Waals surface area (Å²) in [4.78, 5) is 12.9. The number of nitrogen functional groups attached to an aromatic ring is 1. The summed E-state index contributed by atoms with van der Waals surface area (Å²) < 4.78 is 14.8. The van der Waals surface area contributed by atoms with E-state index in [2.05, 4.69) is 21.2 Å². The molecular weight excluding hydrogens is 331 g/mol. The van der Waals surface area contributed by atoms with Crippen LogP contribution in [0, 0.1) is 12.7 Å². The predicted octanol–water partition coefficient (Wildman–Crippen LogP) is 3.47. The lowest BCUT2D eigenvalue weighted by molar-refractivity contribution is 0.0947. The zero-order valence-corrected chi connectivity index (χ0v) is 12.6. The van der Waals surface area contributed by atoms with Gasteiger partial charge in [0.05, 0.1) is 12.1 Å². The molecule has 0 aliphatic carbocycles. The van der Waals surface area contributed by atoms with E-state index in [-0.39, 0.29) is 5.56 Å². The van der Waals surface area contributed by atoms with Gasteiger partial charge in [0.15, 0.2) is 0 Å². The third kappa shape index (κ3) is 3.13. The Kier molecular flexibility index (Phi) is 4.21. The van der Waals surface area contributed by atoms with Crippen molar-refractivity contribution in [3.63, 3.8) is 0 Å². The average Bonchev–Trinajstić information content (AvgIpc) is 2.76. The van der Waals surface area contributed by atoms with Gasteiger partial charge in [-0.25, -0.2) is 4.39 Å². The Morgan fingerprint density at radius 2 is 2.26 bits per heavy atom. The van der Waals surface area contributed by atoms with Crippen LogP contribution in [-0.4, -0.2) is 5.91 Å². The molecule has 0 bridgehead atoms. The maximum absolute atomic E-state index is 13.9. The van der Waals surface area contributed by atoms with E-state index in [1.807, 2.05) is 11.4 Å². The van der Waals surface area contributed by atoms with E-state index >= 15 is 0 Å². The van der Waals surface area contributed by atoms with E-state index in [0.717, 1.165) is 9.35 Å². The minimum Gasteiger partial charge on any atom is -0.399 e. The number of rotatable bonds is 3. The first-order valence-corrected chi connectivity index (χ1v) is 7.22. The molecule has 1 amide bonds. The summed E-state index contributed by atoms with van der Waals surface area (Å²) in [5.41, 5.74) is 6.35. The normalized spacial score (nSPS) is 10.5. The Hall–Kier alpha value is -1.40. The van der Waals surface area contributed by atoms with Crippen LogP contribution < -0.4 is 11.1 Å². The monoisotopic (exact) mass is 342 g/mol. The van der Waals surface area contributed by atoms with E-state index in [1.165, 1.54) is 23.5 Å². The van der Waals surface area contributed by atoms with Gasteiger partial charge in [-0.15, -0.1) is 11.3 Å². The summed E-state index contributed by atoms with van der Waals surface area (Å²) in [5.74, 6) is -0.995. The molecule has 0 saturated carbocycles. The largest absolute Gasteiger partial charge is 0.399 e. The molecule has 0 radical (unpaired) electrons. The average molecular weight is 343 g/mol. The lowest BCUT2D eigenvalue weighted by Gasteiger charge is -2.08. The van der Waals surface area contributed by atoms with Gasteiger partial charge < -0.3 is 11.1 Å². The number of carbonyl (C=O) groups is 1. The number of aryl methyl sites for hydroxylation is 1. The zero-order valence-electron chi connectivity index (χ0n) is 10.2. The molecule has 0 atom stereocenters. The van der Waals surface area contributed by atoms with Gasteiger partial charge in [0, 0.05) is 15.0 Å². The highest BCUT2D eigenvalue weighted by Gasteiger charge is 2.15. The molecule has 100 valence electrons. The molecule has 2 aromatic rings. The summed E-state index contributed by atoms with van der Waals surface area (Å²) in [6.07, 6.45) is 0. The number of hydrogen-bond donors (Lipinski definition) is 2. The summed E-state index contributed by atoms with van der Waals surface area (Å²) in [7, 11) is 0. The van der Waals surface area contributed by atoms with Gasteiger partial charge in [0.2, 0.25) is 0 Å². The van der Waals surface area contributed by atoms with Gasteiger partial charge >= 0.3 is 0 Å². The van der Waals surface area contributed by atoms with Crippen molar-refractivity contribution >= 4 is 38.9 Å². The maximum atomic E-state index is 13.9. The number of nitrogens with two attached hydrogens (primary N) is 1. The quantitative estimate of drug-likeness (QED) is 0.839. The molecule has 0 aliphatic heterocycles. The number of halogens is 2. The Bertz CT molecular complexity index is 627. The van der Waals surface area contributed by atoms with Crippen molar-refractivity contribution < 1.29 is 9.18 Å². The number of nitrogens with one attached hydrogen (secondary N) is 1. The molecule has 0 aliphatic rings. The molecule has 0 unspecified atom stereocenters. The van der Waals surface area contributed by atoms with Crippen LogP contribution in [0.4, 0.5) is 10.1 Å². The molecule has 3 N–H and O–H groups in total. The first-order valence-electron chi connectivity index (χ1n) is 5.54. The highest BCUT2D eigenvalue weighted by atomic mass is 79.9. The Balaban J connectivity index is 2.15. The zero-order chi connectivity index (χ0) is 14.0. The third-order valence-corrected chi connectivity index (χ3v) is 4.55. The van der Waals surface area contributed by atoms with Gasteiger partial charge in [-0.1, -0.05) is 0 Å². The molecule has 3 nitrogen and oxygen atoms in total. The Morgan fingerprint density at radius 3 is 2.89 bits per heavy atom. The molecule has 1 aromatic heterocycles. The molecule has 0 spiro atoms. The van der Waals surface area contributed by atoms with Crippen LogP contribution in [0.2, 0.25) is 0 Å². The van der Waals surface area contributed by atoms with Gasteiger partial charge in [-0.2, -0.15) is 0 Å². The minimum absolute atomic E-state index is 0.0230. The molecule has 19 heavy (non-hydrogen) atoms. The molecule has 1 heterocycles. The fraction of sp³-hybridized carbons (Fsp3) is 0.154. The predicted molar refractivity (Wildman–Crippen MR) is 78.7 cm³/mol. The van der Waals surface area contributed by atoms with Crippen molar-refractivity contribution in [2.45, 2.75) is 13.5 Å². The molecule has 0 saturated heterocycles. The number of thiophene rings is 1. The lowest BCUT2D eigenvalue weighted by atomic mass is 10.1. The second-order valence-electron chi connectivity index (χ2n) is 4.07. The van der Waals surface area contributed by atoms with E-state index in [1.54, 1.807) is 6.92 Å². The van der Waals surface area contributed by atoms with Crippen LogP contribution in [0.25, 0.3) is 0 Å². The van der Waals surface area contributed by atoms with Gasteiger partial charge in [-0.3, -0.25) is 4.79 Å². The van der Waals surface area contributed by atoms with Crippen LogP contribution in [0.1, 0.15) is 20.8 Å². The molecule has 0 fully saturated rings. The number of amides is 1. The first-order chi connectivity index (χ1) is 8.99. The van der Waals surface area contributed by atoms with Crippen molar-refractivity contribution in [2.24, 2.45) is 0 Å². The SMILES string of the molecule is Cc1cc(N)cc(C(=O)NCc2sccc2Br)c1F. The maximum Gasteiger partial charge on any atom is 0.254 e. The molecular formula is C13H12BrFN2OS. The van der Waals surface area contributed by atoms with Crippen LogP contribution >= 0.6 is 27.3 Å². The Labute approximate surface area is 122 Å². The van der Waals surface area contributed by atoms with E-state index in [4.69, 9.17) is 5.73 Å². The second kappa shape index (κ2) is 5.71. The van der Waals surface area contributed by atoms with E-state index in [9.17, 15) is 9.18 Å². The fourth-order valence-electron chi connectivity index (χ4n) is 1.67. The highest BCUT2D eigenvalue weighted by molar-refractivity contribution is 9.10. The summed E-state index contributed by atoms with van der Waals surface area (Å²) in [6.45, 7) is 1.93. The smallest absolute Gasteiger partial charge is 0.254 e. The summed E-state index contributed by atoms with van der Waals surface area (Å²) >= 11 is 4.89. The fourth-order valence-corrected chi connectivity index (χ4v) is 3.10. The standard InChI is InChI=1S/C13H12BrFN2OS/c1-7-4-8(16)5-9(12(7)15)13(18)17-6-11-10(14)2-3-19-11/h2-5H,6,16H2,1H3,(H,17,18). The molecule has 2 rings (SSSR count). The second-order valence-corrected chi connectivity index (χ2v) is 5.93. The lowest BCUT2D eigenvalue weighted by Crippen LogP contribution is -2.24. The summed E-state index contributed by atoms with van der Waals surface area (Å²) in [5, 5.41) is 4.60. The minimum atomic E-state index is -0.531. The van der Waals surface area contributed by atoms with Gasteiger partial charge in [0.1, 0.15) is 5.82 Å². The highest BCUT2D eigenvalue weighted by Crippen LogP contribution is 2.22.